The molecule has 3 nitrogen and oxygen atoms in total. The lowest BCUT2D eigenvalue weighted by Crippen LogP contribution is -2.28. The van der Waals surface area contributed by atoms with Gasteiger partial charge in [0.05, 0.1) is 12.2 Å². The van der Waals surface area contributed by atoms with Crippen LogP contribution in [-0.2, 0) is 20.3 Å². The Morgan fingerprint density at radius 2 is 1.58 bits per heavy atom. The molecule has 0 N–H and O–H groups in total. The van der Waals surface area contributed by atoms with E-state index in [4.69, 9.17) is 13.9 Å². The molecule has 138 valence electrons. The van der Waals surface area contributed by atoms with Gasteiger partial charge in [0.15, 0.2) is 21.4 Å². The number of aryl methyl sites for hydroxylation is 1. The highest BCUT2D eigenvalue weighted by atomic mass is 28.2. The molecular formula is C18H30F2O3Si. The highest BCUT2D eigenvalue weighted by Gasteiger charge is 2.13. The minimum atomic E-state index is -0.788. The maximum absolute atomic E-state index is 13.1. The van der Waals surface area contributed by atoms with Crippen molar-refractivity contribution in [2.45, 2.75) is 78.1 Å². The van der Waals surface area contributed by atoms with Gasteiger partial charge >= 0.3 is 0 Å². The van der Waals surface area contributed by atoms with Gasteiger partial charge in [0.25, 0.3) is 6.48 Å². The molecular weight excluding hydrogens is 330 g/mol. The Balaban J connectivity index is 2.13. The third-order valence-corrected chi connectivity index (χ3v) is 4.66. The van der Waals surface area contributed by atoms with Gasteiger partial charge in [0.2, 0.25) is 0 Å². The first-order valence-electron chi connectivity index (χ1n) is 8.75. The molecule has 0 saturated carbocycles. The van der Waals surface area contributed by atoms with Gasteiger partial charge in [-0.1, -0.05) is 18.9 Å². The molecule has 0 aliphatic rings. The van der Waals surface area contributed by atoms with E-state index < -0.39 is 27.9 Å². The second-order valence-electron chi connectivity index (χ2n) is 6.44. The zero-order valence-corrected chi connectivity index (χ0v) is 16.6. The minimum Gasteiger partial charge on any atom is -0.379 e. The lowest BCUT2D eigenvalue weighted by molar-refractivity contribution is -0.275. The molecule has 0 aromatic heterocycles. The summed E-state index contributed by atoms with van der Waals surface area (Å²) in [6.45, 7) is 7.28. The second-order valence-corrected chi connectivity index (χ2v) is 7.89. The molecule has 6 heteroatoms. The standard InChI is InChI=1S/C18H30F2O3Si/c1-13(2)21-18(22-14(3)4)23-24-11-7-5-6-8-15-9-10-16(19)17(20)12-15/h9-10,12-14,18H,5-8,11,24H2,1-4H3. The van der Waals surface area contributed by atoms with Crippen molar-refractivity contribution >= 4 is 9.76 Å². The number of rotatable bonds is 12. The number of hydrogen-bond acceptors (Lipinski definition) is 3. The van der Waals surface area contributed by atoms with Crippen molar-refractivity contribution in [1.29, 1.82) is 0 Å². The third kappa shape index (κ3) is 9.47. The summed E-state index contributed by atoms with van der Waals surface area (Å²) < 4.78 is 42.9. The fourth-order valence-electron chi connectivity index (χ4n) is 2.21. The fraction of sp³-hybridized carbons (Fsp3) is 0.667. The molecule has 0 fully saturated rings. The summed E-state index contributed by atoms with van der Waals surface area (Å²) >= 11 is 0. The van der Waals surface area contributed by atoms with Crippen molar-refractivity contribution in [2.75, 3.05) is 0 Å². The topological polar surface area (TPSA) is 27.7 Å². The Morgan fingerprint density at radius 3 is 2.17 bits per heavy atom. The quantitative estimate of drug-likeness (QED) is 0.315. The summed E-state index contributed by atoms with van der Waals surface area (Å²) in [4.78, 5) is 0. The normalized spacial score (nSPS) is 12.4. The van der Waals surface area contributed by atoms with E-state index in [2.05, 4.69) is 0 Å². The van der Waals surface area contributed by atoms with Crippen molar-refractivity contribution in [1.82, 2.24) is 0 Å². The van der Waals surface area contributed by atoms with Gasteiger partial charge in [0.1, 0.15) is 0 Å². The maximum Gasteiger partial charge on any atom is 0.262 e. The summed E-state index contributed by atoms with van der Waals surface area (Å²) in [5, 5.41) is 0. The largest absolute Gasteiger partial charge is 0.379 e. The summed E-state index contributed by atoms with van der Waals surface area (Å²) in [6.07, 6.45) is 4.00. The molecule has 0 amide bonds. The number of hydrogen-bond donors (Lipinski definition) is 0. The molecule has 0 unspecified atom stereocenters. The van der Waals surface area contributed by atoms with Crippen LogP contribution in [0.15, 0.2) is 18.2 Å². The zero-order chi connectivity index (χ0) is 17.9. The average molecular weight is 361 g/mol. The predicted molar refractivity (Wildman–Crippen MR) is 94.6 cm³/mol. The van der Waals surface area contributed by atoms with E-state index in [1.54, 1.807) is 6.07 Å². The molecule has 24 heavy (non-hydrogen) atoms. The molecule has 0 atom stereocenters. The van der Waals surface area contributed by atoms with Crippen LogP contribution in [0.5, 0.6) is 0 Å². The van der Waals surface area contributed by atoms with E-state index in [0.29, 0.717) is 0 Å². The SMILES string of the molecule is CC(C)OC(O[SiH2]CCCCCc1ccc(F)c(F)c1)OC(C)C. The van der Waals surface area contributed by atoms with Crippen LogP contribution >= 0.6 is 0 Å². The smallest absolute Gasteiger partial charge is 0.262 e. The molecule has 0 heterocycles. The molecule has 0 bridgehead atoms. The number of ether oxygens (including phenoxy) is 2. The van der Waals surface area contributed by atoms with Crippen LogP contribution in [-0.4, -0.2) is 28.4 Å². The van der Waals surface area contributed by atoms with Crippen LogP contribution in [0, 0.1) is 11.6 Å². The number of halogens is 2. The highest BCUT2D eigenvalue weighted by molar-refractivity contribution is 6.27. The molecule has 1 rings (SSSR count). The number of benzene rings is 1. The van der Waals surface area contributed by atoms with Gasteiger partial charge in [-0.05, 0) is 64.3 Å². The van der Waals surface area contributed by atoms with E-state index in [1.807, 2.05) is 27.7 Å². The second kappa shape index (κ2) is 11.7. The Morgan fingerprint density at radius 1 is 0.917 bits per heavy atom. The van der Waals surface area contributed by atoms with Crippen LogP contribution in [0.3, 0.4) is 0 Å². The Bertz CT molecular complexity index is 460. The highest BCUT2D eigenvalue weighted by Crippen LogP contribution is 2.13. The van der Waals surface area contributed by atoms with Gasteiger partial charge in [0, 0.05) is 0 Å². The number of unbranched alkanes of at least 4 members (excludes halogenated alkanes) is 2. The van der Waals surface area contributed by atoms with Crippen molar-refractivity contribution in [2.24, 2.45) is 0 Å². The minimum absolute atomic E-state index is 0.0684. The molecule has 0 spiro atoms. The molecule has 1 aromatic rings. The van der Waals surface area contributed by atoms with E-state index in [-0.39, 0.29) is 12.2 Å². The third-order valence-electron chi connectivity index (χ3n) is 3.36. The maximum atomic E-state index is 13.1. The van der Waals surface area contributed by atoms with Crippen LogP contribution < -0.4 is 0 Å². The van der Waals surface area contributed by atoms with Crippen LogP contribution in [0.1, 0.15) is 52.5 Å². The molecule has 0 aliphatic carbocycles. The molecule has 1 aromatic carbocycles. The van der Waals surface area contributed by atoms with Gasteiger partial charge in [-0.15, -0.1) is 0 Å². The molecule has 0 aliphatic heterocycles. The van der Waals surface area contributed by atoms with Gasteiger partial charge in [-0.2, -0.15) is 0 Å². The van der Waals surface area contributed by atoms with Crippen LogP contribution in [0.4, 0.5) is 8.78 Å². The lowest BCUT2D eigenvalue weighted by Gasteiger charge is -2.23. The van der Waals surface area contributed by atoms with Gasteiger partial charge in [-0.3, -0.25) is 0 Å². The zero-order valence-electron chi connectivity index (χ0n) is 15.2. The van der Waals surface area contributed by atoms with Gasteiger partial charge in [-0.25, -0.2) is 8.78 Å². The first-order chi connectivity index (χ1) is 11.4. The van der Waals surface area contributed by atoms with Crippen LogP contribution in [0.25, 0.3) is 0 Å². The lowest BCUT2D eigenvalue weighted by atomic mass is 10.1. The fourth-order valence-corrected chi connectivity index (χ4v) is 3.29. The summed E-state index contributed by atoms with van der Waals surface area (Å²) in [5.74, 6) is -1.56. The van der Waals surface area contributed by atoms with Crippen LogP contribution in [0.2, 0.25) is 6.04 Å². The molecule has 0 saturated heterocycles. The molecule has 0 radical (unpaired) electrons. The average Bonchev–Trinajstić information content (AvgIpc) is 2.48. The monoisotopic (exact) mass is 360 g/mol. The van der Waals surface area contributed by atoms with E-state index >= 15 is 0 Å². The van der Waals surface area contributed by atoms with Crippen molar-refractivity contribution in [3.05, 3.63) is 35.4 Å². The van der Waals surface area contributed by atoms with Crippen molar-refractivity contribution < 1.29 is 22.7 Å². The van der Waals surface area contributed by atoms with E-state index in [9.17, 15) is 8.78 Å². The van der Waals surface area contributed by atoms with E-state index in [0.717, 1.165) is 37.3 Å². The summed E-state index contributed by atoms with van der Waals surface area (Å²) in [7, 11) is -0.684. The first-order valence-corrected chi connectivity index (χ1v) is 10.3. The predicted octanol–water partition coefficient (Wildman–Crippen LogP) is 4.33. The van der Waals surface area contributed by atoms with Gasteiger partial charge < -0.3 is 13.9 Å². The Hall–Kier alpha value is -0.823. The summed E-state index contributed by atoms with van der Waals surface area (Å²) in [5.41, 5.74) is 0.845. The van der Waals surface area contributed by atoms with E-state index in [1.165, 1.54) is 12.1 Å². The van der Waals surface area contributed by atoms with Crippen molar-refractivity contribution in [3.8, 4) is 0 Å². The summed E-state index contributed by atoms with van der Waals surface area (Å²) in [6, 6.07) is 5.17. The van der Waals surface area contributed by atoms with Crippen molar-refractivity contribution in [3.63, 3.8) is 0 Å². The Kier molecular flexibility index (Phi) is 10.3. The Labute approximate surface area is 146 Å². The first kappa shape index (κ1) is 21.2.